The largest absolute Gasteiger partial charge is 0.335 e. The monoisotopic (exact) mass is 684 g/mol. The predicted octanol–water partition coefficient (Wildman–Crippen LogP) is 6.50. The van der Waals surface area contributed by atoms with Crippen LogP contribution in [-0.2, 0) is 15.1 Å². The van der Waals surface area contributed by atoms with Crippen LogP contribution in [0.25, 0.3) is 0 Å². The van der Waals surface area contributed by atoms with Crippen LogP contribution in [0.15, 0.2) is 52.1 Å². The molecule has 0 radical (unpaired) electrons. The number of fused-ring (bicyclic) bond motifs is 1. The molecule has 244 valence electrons. The number of pyridine rings is 1. The molecule has 4 aliphatic heterocycles. The second kappa shape index (κ2) is 11.5. The Kier molecular flexibility index (Phi) is 7.98. The molecule has 1 aromatic heterocycles. The number of halogens is 3. The second-order valence-corrected chi connectivity index (χ2v) is 15.7. The maximum absolute atomic E-state index is 15.0. The Labute approximate surface area is 283 Å². The third-order valence-electron chi connectivity index (χ3n) is 10.4. The summed E-state index contributed by atoms with van der Waals surface area (Å²) in [6, 6.07) is 7.43. The summed E-state index contributed by atoms with van der Waals surface area (Å²) in [4.78, 5) is 44.9. The smallest absolute Gasteiger partial charge is 0.263 e. The summed E-state index contributed by atoms with van der Waals surface area (Å²) in [6.45, 7) is 11.7. The number of piperazine rings is 1. The number of amides is 2. The van der Waals surface area contributed by atoms with Gasteiger partial charge in [0.2, 0.25) is 5.91 Å². The van der Waals surface area contributed by atoms with Crippen molar-refractivity contribution in [1.82, 2.24) is 25.0 Å². The van der Waals surface area contributed by atoms with Crippen LogP contribution in [0.1, 0.15) is 77.5 Å². The molecule has 1 spiro atoms. The lowest BCUT2D eigenvalue weighted by molar-refractivity contribution is -0.145. The van der Waals surface area contributed by atoms with Gasteiger partial charge in [0.05, 0.1) is 11.1 Å². The molecule has 2 amide bonds. The van der Waals surface area contributed by atoms with E-state index in [9.17, 15) is 9.59 Å². The fraction of sp³-hybridized carbons (Fsp3) is 0.529. The molecule has 0 unspecified atom stereocenters. The average molecular weight is 686 g/mol. The van der Waals surface area contributed by atoms with E-state index >= 15 is 4.39 Å². The van der Waals surface area contributed by atoms with Crippen LogP contribution >= 0.6 is 35.0 Å². The van der Waals surface area contributed by atoms with E-state index in [-0.39, 0.29) is 40.4 Å². The zero-order valence-corrected chi connectivity index (χ0v) is 29.0. The van der Waals surface area contributed by atoms with Crippen molar-refractivity contribution in [2.45, 2.75) is 95.5 Å². The van der Waals surface area contributed by atoms with E-state index in [1.54, 1.807) is 18.3 Å². The van der Waals surface area contributed by atoms with E-state index in [1.807, 2.05) is 35.8 Å². The standard InChI is InChI=1S/C34H39Cl2FN6O2S/c1-18(2)27-28(31(45)42-19(3)6-10-25(42)30(44)41-17-34(12-13-34)39-15-20(41)4)46-32-40-33(5,22-8-11-26(36)38-16-22)29(43(27)32)21-7-9-23(35)24(37)14-21/h7-9,11,14,16,18-20,25,29,39H,6,10,12-13,15,17H2,1-5H3/t19-,20-,25-,29+,33-/m0/s1. The third-order valence-corrected chi connectivity index (χ3v) is 12.0. The van der Waals surface area contributed by atoms with Crippen molar-refractivity contribution in [2.24, 2.45) is 10.9 Å². The zero-order chi connectivity index (χ0) is 32.7. The average Bonchev–Trinajstić information content (AvgIpc) is 3.34. The van der Waals surface area contributed by atoms with Gasteiger partial charge in [-0.3, -0.25) is 9.59 Å². The minimum atomic E-state index is -0.869. The highest BCUT2D eigenvalue weighted by atomic mass is 35.5. The van der Waals surface area contributed by atoms with Crippen molar-refractivity contribution >= 4 is 51.9 Å². The summed E-state index contributed by atoms with van der Waals surface area (Å²) in [5, 5.41) is 4.68. The van der Waals surface area contributed by atoms with Gasteiger partial charge in [0.25, 0.3) is 5.91 Å². The Bertz CT molecular complexity index is 1660. The number of hydrogen-bond donors (Lipinski definition) is 1. The highest BCUT2D eigenvalue weighted by molar-refractivity contribution is 8.18. The lowest BCUT2D eigenvalue weighted by Gasteiger charge is -2.42. The zero-order valence-electron chi connectivity index (χ0n) is 26.7. The Hall–Kier alpha value is -2.66. The molecule has 12 heteroatoms. The molecule has 5 atom stereocenters. The van der Waals surface area contributed by atoms with Gasteiger partial charge in [-0.05, 0) is 87.9 Å². The summed E-state index contributed by atoms with van der Waals surface area (Å²) < 4.78 is 15.0. The Morgan fingerprint density at radius 3 is 2.52 bits per heavy atom. The normalized spacial score (nSPS) is 30.0. The van der Waals surface area contributed by atoms with Gasteiger partial charge >= 0.3 is 0 Å². The quantitative estimate of drug-likeness (QED) is 0.362. The first-order chi connectivity index (χ1) is 21.8. The molecule has 1 aromatic carbocycles. The molecule has 7 rings (SSSR count). The summed E-state index contributed by atoms with van der Waals surface area (Å²) in [5.41, 5.74) is 1.48. The van der Waals surface area contributed by atoms with E-state index in [0.29, 0.717) is 33.8 Å². The van der Waals surface area contributed by atoms with Crippen LogP contribution in [0.2, 0.25) is 10.2 Å². The number of carbonyl (C=O) groups excluding carboxylic acids is 2. The summed E-state index contributed by atoms with van der Waals surface area (Å²) in [7, 11) is 0. The van der Waals surface area contributed by atoms with Gasteiger partial charge < -0.3 is 20.0 Å². The lowest BCUT2D eigenvalue weighted by atomic mass is 9.81. The summed E-state index contributed by atoms with van der Waals surface area (Å²) in [6.07, 6.45) is 5.27. The molecule has 46 heavy (non-hydrogen) atoms. The van der Waals surface area contributed by atoms with Gasteiger partial charge in [-0.2, -0.15) is 0 Å². The number of likely N-dealkylation sites (tertiary alicyclic amines) is 1. The number of nitrogens with one attached hydrogen (secondary N) is 1. The molecule has 5 heterocycles. The van der Waals surface area contributed by atoms with E-state index in [2.05, 4.69) is 36.0 Å². The topological polar surface area (TPSA) is 81.1 Å². The second-order valence-electron chi connectivity index (χ2n) is 14.0. The van der Waals surface area contributed by atoms with E-state index < -0.39 is 23.4 Å². The predicted molar refractivity (Wildman–Crippen MR) is 180 cm³/mol. The molecule has 3 fully saturated rings. The number of amidine groups is 1. The first-order valence-electron chi connectivity index (χ1n) is 16.1. The van der Waals surface area contributed by atoms with Crippen LogP contribution in [0.3, 0.4) is 0 Å². The molecule has 2 saturated heterocycles. The maximum atomic E-state index is 15.0. The van der Waals surface area contributed by atoms with E-state index in [1.165, 1.54) is 17.8 Å². The maximum Gasteiger partial charge on any atom is 0.263 e. The lowest BCUT2D eigenvalue weighted by Crippen LogP contribution is -2.62. The number of aromatic nitrogens is 1. The highest BCUT2D eigenvalue weighted by Gasteiger charge is 2.55. The van der Waals surface area contributed by atoms with Gasteiger partial charge in [-0.1, -0.05) is 49.2 Å². The van der Waals surface area contributed by atoms with Crippen molar-refractivity contribution in [3.63, 3.8) is 0 Å². The number of allylic oxidation sites excluding steroid dienone is 1. The number of hydrogen-bond acceptors (Lipinski definition) is 7. The molecule has 1 aliphatic carbocycles. The van der Waals surface area contributed by atoms with Gasteiger partial charge in [0, 0.05) is 48.2 Å². The molecule has 0 bridgehead atoms. The molecule has 2 aromatic rings. The van der Waals surface area contributed by atoms with E-state index in [0.717, 1.165) is 37.1 Å². The van der Waals surface area contributed by atoms with Crippen LogP contribution in [-0.4, -0.2) is 73.4 Å². The number of nitrogens with zero attached hydrogens (tertiary/aromatic N) is 5. The molecule has 8 nitrogen and oxygen atoms in total. The van der Waals surface area contributed by atoms with Crippen LogP contribution in [0, 0.1) is 11.7 Å². The number of carbonyl (C=O) groups is 2. The van der Waals surface area contributed by atoms with Gasteiger partial charge in [-0.15, -0.1) is 0 Å². The third kappa shape index (κ3) is 5.15. The minimum Gasteiger partial charge on any atom is -0.335 e. The number of benzene rings is 1. The fourth-order valence-corrected chi connectivity index (χ4v) is 9.24. The Morgan fingerprint density at radius 1 is 1.11 bits per heavy atom. The van der Waals surface area contributed by atoms with Crippen LogP contribution in [0.5, 0.6) is 0 Å². The van der Waals surface area contributed by atoms with Crippen molar-refractivity contribution in [3.05, 3.63) is 74.3 Å². The Morgan fingerprint density at radius 2 is 1.87 bits per heavy atom. The molecular formula is C34H39Cl2FN6O2S. The van der Waals surface area contributed by atoms with Gasteiger partial charge in [-0.25, -0.2) is 14.4 Å². The number of aliphatic imine (C=N–C) groups is 1. The Balaban J connectivity index is 1.27. The minimum absolute atomic E-state index is 0.0363. The van der Waals surface area contributed by atoms with Crippen LogP contribution in [0.4, 0.5) is 4.39 Å². The molecular weight excluding hydrogens is 646 g/mol. The first kappa shape index (κ1) is 31.9. The summed E-state index contributed by atoms with van der Waals surface area (Å²) in [5.74, 6) is -0.693. The van der Waals surface area contributed by atoms with Crippen LogP contribution < -0.4 is 5.32 Å². The van der Waals surface area contributed by atoms with Crippen molar-refractivity contribution < 1.29 is 14.0 Å². The SMILES string of the molecule is CC(C)C1=C(C(=O)N2[C@@H](C)CC[C@H]2C(=O)N2CC3(CC3)NC[C@@H]2C)SC2=N[C@@](C)(c3ccc(Cl)nc3)[C@@H](c3ccc(Cl)c(F)c3)N21. The number of rotatable bonds is 5. The van der Waals surface area contributed by atoms with Crippen molar-refractivity contribution in [2.75, 3.05) is 13.1 Å². The molecule has 1 saturated carbocycles. The van der Waals surface area contributed by atoms with E-state index in [4.69, 9.17) is 28.2 Å². The highest BCUT2D eigenvalue weighted by Crippen LogP contribution is 2.56. The fourth-order valence-electron chi connectivity index (χ4n) is 7.66. The first-order valence-corrected chi connectivity index (χ1v) is 17.7. The molecule has 1 N–H and O–H groups in total. The van der Waals surface area contributed by atoms with Gasteiger partial charge in [0.15, 0.2) is 5.17 Å². The van der Waals surface area contributed by atoms with Crippen molar-refractivity contribution in [3.8, 4) is 0 Å². The molecule has 5 aliphatic rings. The summed E-state index contributed by atoms with van der Waals surface area (Å²) >= 11 is 13.6. The van der Waals surface area contributed by atoms with Crippen molar-refractivity contribution in [1.29, 1.82) is 0 Å². The number of thioether (sulfide) groups is 1. The van der Waals surface area contributed by atoms with Gasteiger partial charge in [0.1, 0.15) is 27.5 Å².